The van der Waals surface area contributed by atoms with Crippen LogP contribution < -0.4 is 5.32 Å². The zero-order chi connectivity index (χ0) is 14.7. The molecule has 0 aromatic heterocycles. The van der Waals surface area contributed by atoms with Crippen LogP contribution in [0.2, 0.25) is 0 Å². The lowest BCUT2D eigenvalue weighted by atomic mass is 9.98. The van der Waals surface area contributed by atoms with Crippen LogP contribution in [0.25, 0.3) is 0 Å². The van der Waals surface area contributed by atoms with Gasteiger partial charge in [-0.1, -0.05) is 44.2 Å². The summed E-state index contributed by atoms with van der Waals surface area (Å²) in [7, 11) is 0. The number of nitrogens with zero attached hydrogens (tertiary/aromatic N) is 1. The summed E-state index contributed by atoms with van der Waals surface area (Å²) in [5.74, 6) is 1.90. The van der Waals surface area contributed by atoms with E-state index in [0.717, 1.165) is 30.8 Å². The molecule has 3 atom stereocenters. The maximum atomic E-state index is 3.78. The average molecular weight is 286 g/mol. The van der Waals surface area contributed by atoms with Gasteiger partial charge in [-0.25, -0.2) is 0 Å². The number of hydrogen-bond donors (Lipinski definition) is 1. The lowest BCUT2D eigenvalue weighted by molar-refractivity contribution is 0.105. The van der Waals surface area contributed by atoms with E-state index < -0.39 is 0 Å². The standard InChI is InChI=1S/C19H30N2/c1-3-19-12-20-18(11-16-7-5-4-6-8-16)14-21(19)13-15(2)17-9-10-17/h4-8,15,17-20H,3,9-14H2,1-2H3. The van der Waals surface area contributed by atoms with Gasteiger partial charge >= 0.3 is 0 Å². The van der Waals surface area contributed by atoms with Crippen LogP contribution in [0.3, 0.4) is 0 Å². The summed E-state index contributed by atoms with van der Waals surface area (Å²) in [6, 6.07) is 12.3. The first-order valence-electron chi connectivity index (χ1n) is 8.77. The van der Waals surface area contributed by atoms with Crippen LogP contribution in [0.15, 0.2) is 30.3 Å². The third-order valence-corrected chi connectivity index (χ3v) is 5.36. The molecule has 1 aliphatic carbocycles. The number of rotatable bonds is 6. The van der Waals surface area contributed by atoms with Gasteiger partial charge in [0, 0.05) is 31.7 Å². The fourth-order valence-electron chi connectivity index (χ4n) is 3.77. The summed E-state index contributed by atoms with van der Waals surface area (Å²) >= 11 is 0. The van der Waals surface area contributed by atoms with Gasteiger partial charge in [0.1, 0.15) is 0 Å². The SMILES string of the molecule is CCC1CNC(Cc2ccccc2)CN1CC(C)C1CC1. The van der Waals surface area contributed by atoms with Gasteiger partial charge in [-0.15, -0.1) is 0 Å². The minimum Gasteiger partial charge on any atom is -0.311 e. The molecule has 21 heavy (non-hydrogen) atoms. The predicted molar refractivity (Wildman–Crippen MR) is 89.5 cm³/mol. The third kappa shape index (κ3) is 4.08. The molecule has 1 heterocycles. The largest absolute Gasteiger partial charge is 0.311 e. The number of benzene rings is 1. The lowest BCUT2D eigenvalue weighted by Crippen LogP contribution is -2.57. The second-order valence-electron chi connectivity index (χ2n) is 7.13. The van der Waals surface area contributed by atoms with Gasteiger partial charge in [0.15, 0.2) is 0 Å². The van der Waals surface area contributed by atoms with Crippen molar-refractivity contribution in [2.24, 2.45) is 11.8 Å². The molecule has 1 saturated heterocycles. The third-order valence-electron chi connectivity index (χ3n) is 5.36. The van der Waals surface area contributed by atoms with Crippen LogP contribution in [-0.4, -0.2) is 36.6 Å². The minimum absolute atomic E-state index is 0.613. The smallest absolute Gasteiger partial charge is 0.0236 e. The molecular weight excluding hydrogens is 256 g/mol. The zero-order valence-electron chi connectivity index (χ0n) is 13.6. The maximum absolute atomic E-state index is 3.78. The predicted octanol–water partition coefficient (Wildman–Crippen LogP) is 3.33. The molecule has 1 saturated carbocycles. The van der Waals surface area contributed by atoms with Gasteiger partial charge in [0.2, 0.25) is 0 Å². The molecule has 0 spiro atoms. The Bertz CT molecular complexity index is 426. The van der Waals surface area contributed by atoms with Crippen molar-refractivity contribution in [3.8, 4) is 0 Å². The highest BCUT2D eigenvalue weighted by molar-refractivity contribution is 5.16. The van der Waals surface area contributed by atoms with Gasteiger partial charge in [0.25, 0.3) is 0 Å². The van der Waals surface area contributed by atoms with Crippen molar-refractivity contribution in [3.63, 3.8) is 0 Å². The first-order chi connectivity index (χ1) is 10.3. The minimum atomic E-state index is 0.613. The van der Waals surface area contributed by atoms with Crippen LogP contribution in [0, 0.1) is 11.8 Å². The van der Waals surface area contributed by atoms with Crippen LogP contribution in [0.4, 0.5) is 0 Å². The molecule has 1 aromatic rings. The van der Waals surface area contributed by atoms with Crippen LogP contribution in [-0.2, 0) is 6.42 Å². The van der Waals surface area contributed by atoms with E-state index in [0.29, 0.717) is 6.04 Å². The quantitative estimate of drug-likeness (QED) is 0.863. The van der Waals surface area contributed by atoms with E-state index in [1.807, 2.05) is 0 Å². The Hall–Kier alpha value is -0.860. The van der Waals surface area contributed by atoms with Crippen molar-refractivity contribution >= 4 is 0 Å². The highest BCUT2D eigenvalue weighted by Gasteiger charge is 2.33. The van der Waals surface area contributed by atoms with Gasteiger partial charge in [-0.3, -0.25) is 4.90 Å². The summed E-state index contributed by atoms with van der Waals surface area (Å²) < 4.78 is 0. The molecule has 0 radical (unpaired) electrons. The van der Waals surface area contributed by atoms with Gasteiger partial charge in [-0.05, 0) is 43.1 Å². The Balaban J connectivity index is 1.57. The number of piperazine rings is 1. The molecule has 2 aliphatic rings. The Morgan fingerprint density at radius 1 is 1.24 bits per heavy atom. The van der Waals surface area contributed by atoms with Crippen molar-refractivity contribution in [1.29, 1.82) is 0 Å². The molecule has 0 amide bonds. The monoisotopic (exact) mass is 286 g/mol. The molecule has 0 bridgehead atoms. The normalized spacial score (nSPS) is 28.5. The van der Waals surface area contributed by atoms with E-state index in [1.165, 1.54) is 37.9 Å². The van der Waals surface area contributed by atoms with Gasteiger partial charge < -0.3 is 5.32 Å². The Morgan fingerprint density at radius 3 is 2.67 bits per heavy atom. The molecule has 3 rings (SSSR count). The fourth-order valence-corrected chi connectivity index (χ4v) is 3.77. The highest BCUT2D eigenvalue weighted by atomic mass is 15.2. The second kappa shape index (κ2) is 6.93. The van der Waals surface area contributed by atoms with Crippen molar-refractivity contribution in [1.82, 2.24) is 10.2 Å². The van der Waals surface area contributed by atoms with Crippen LogP contribution in [0.5, 0.6) is 0 Å². The van der Waals surface area contributed by atoms with E-state index in [4.69, 9.17) is 0 Å². The highest BCUT2D eigenvalue weighted by Crippen LogP contribution is 2.37. The van der Waals surface area contributed by atoms with Crippen molar-refractivity contribution in [2.75, 3.05) is 19.6 Å². The van der Waals surface area contributed by atoms with E-state index in [2.05, 4.69) is 54.4 Å². The summed E-state index contributed by atoms with van der Waals surface area (Å²) in [6.45, 7) is 8.46. The molecule has 3 unspecified atom stereocenters. The summed E-state index contributed by atoms with van der Waals surface area (Å²) in [4.78, 5) is 2.77. The zero-order valence-corrected chi connectivity index (χ0v) is 13.6. The molecule has 2 heteroatoms. The van der Waals surface area contributed by atoms with E-state index >= 15 is 0 Å². The molecule has 2 nitrogen and oxygen atoms in total. The Kier molecular flexibility index (Phi) is 4.97. The Morgan fingerprint density at radius 2 is 2.00 bits per heavy atom. The lowest BCUT2D eigenvalue weighted by Gasteiger charge is -2.41. The van der Waals surface area contributed by atoms with E-state index in [-0.39, 0.29) is 0 Å². The molecule has 2 fully saturated rings. The summed E-state index contributed by atoms with van der Waals surface area (Å²) in [5, 5.41) is 3.78. The molecule has 1 aromatic carbocycles. The van der Waals surface area contributed by atoms with Crippen molar-refractivity contribution in [3.05, 3.63) is 35.9 Å². The average Bonchev–Trinajstić information content (AvgIpc) is 3.33. The first-order valence-corrected chi connectivity index (χ1v) is 8.77. The topological polar surface area (TPSA) is 15.3 Å². The van der Waals surface area contributed by atoms with Crippen molar-refractivity contribution in [2.45, 2.75) is 51.6 Å². The van der Waals surface area contributed by atoms with Gasteiger partial charge in [0.05, 0.1) is 0 Å². The maximum Gasteiger partial charge on any atom is 0.0236 e. The van der Waals surface area contributed by atoms with E-state index in [1.54, 1.807) is 0 Å². The van der Waals surface area contributed by atoms with E-state index in [9.17, 15) is 0 Å². The molecule has 1 aliphatic heterocycles. The van der Waals surface area contributed by atoms with Crippen LogP contribution in [0.1, 0.15) is 38.7 Å². The summed E-state index contributed by atoms with van der Waals surface area (Å²) in [6.07, 6.45) is 5.36. The molecule has 1 N–H and O–H groups in total. The fraction of sp³-hybridized carbons (Fsp3) is 0.684. The Labute approximate surface area is 129 Å². The molecular formula is C19H30N2. The number of nitrogens with one attached hydrogen (secondary N) is 1. The summed E-state index contributed by atoms with van der Waals surface area (Å²) in [5.41, 5.74) is 1.46. The second-order valence-corrected chi connectivity index (χ2v) is 7.13. The first kappa shape index (κ1) is 15.1. The van der Waals surface area contributed by atoms with Crippen molar-refractivity contribution < 1.29 is 0 Å². The van der Waals surface area contributed by atoms with Crippen LogP contribution >= 0.6 is 0 Å². The van der Waals surface area contributed by atoms with Gasteiger partial charge in [-0.2, -0.15) is 0 Å². The number of hydrogen-bond acceptors (Lipinski definition) is 2. The molecule has 116 valence electrons.